The van der Waals surface area contributed by atoms with Crippen LogP contribution in [0.2, 0.25) is 0 Å². The van der Waals surface area contributed by atoms with Crippen molar-refractivity contribution in [1.29, 1.82) is 0 Å². The van der Waals surface area contributed by atoms with Gasteiger partial charge in [-0.3, -0.25) is 24.1 Å². The maximum Gasteiger partial charge on any atom is 0.262 e. The highest BCUT2D eigenvalue weighted by molar-refractivity contribution is 6.22. The summed E-state index contributed by atoms with van der Waals surface area (Å²) in [6.07, 6.45) is 0. The molecule has 7 nitrogen and oxygen atoms in total. The maximum atomic E-state index is 12.3. The van der Waals surface area contributed by atoms with Crippen LogP contribution in [-0.4, -0.2) is 54.1 Å². The molecule has 0 radical (unpaired) electrons. The van der Waals surface area contributed by atoms with E-state index in [-0.39, 0.29) is 12.5 Å². The van der Waals surface area contributed by atoms with Crippen LogP contribution in [0.25, 0.3) is 0 Å². The molecule has 0 saturated heterocycles. The summed E-state index contributed by atoms with van der Waals surface area (Å²) in [7, 11) is 3.31. The van der Waals surface area contributed by atoms with Gasteiger partial charge in [0.1, 0.15) is 6.54 Å². The van der Waals surface area contributed by atoms with Crippen molar-refractivity contribution in [2.45, 2.75) is 0 Å². The van der Waals surface area contributed by atoms with Crippen molar-refractivity contribution in [2.24, 2.45) is 0 Å². The molecule has 1 aliphatic heterocycles. The molecule has 4 amide bonds. The SMILES string of the molecule is CN(C)C(=O)c1ccc(NC(=O)CN2C(=O)c3ccccc3C2=O)cc1. The Morgan fingerprint density at radius 3 is 1.96 bits per heavy atom. The molecule has 26 heavy (non-hydrogen) atoms. The standard InChI is InChI=1S/C19H17N3O4/c1-21(2)17(24)12-7-9-13(10-8-12)20-16(23)11-22-18(25)14-5-3-4-6-15(14)19(22)26/h3-10H,11H2,1-2H3,(H,20,23). The second-order valence-corrected chi connectivity index (χ2v) is 6.07. The topological polar surface area (TPSA) is 86.8 Å². The first kappa shape index (κ1) is 17.3. The molecule has 7 heteroatoms. The van der Waals surface area contributed by atoms with Crippen molar-refractivity contribution in [2.75, 3.05) is 26.0 Å². The predicted molar refractivity (Wildman–Crippen MR) is 94.9 cm³/mol. The highest BCUT2D eigenvalue weighted by Gasteiger charge is 2.36. The Kier molecular flexibility index (Phi) is 4.53. The lowest BCUT2D eigenvalue weighted by Gasteiger charge is -2.14. The molecule has 2 aromatic rings. The molecule has 132 valence electrons. The zero-order valence-corrected chi connectivity index (χ0v) is 14.4. The average molecular weight is 351 g/mol. The predicted octanol–water partition coefficient (Wildman–Crippen LogP) is 1.62. The lowest BCUT2D eigenvalue weighted by molar-refractivity contribution is -0.116. The fourth-order valence-corrected chi connectivity index (χ4v) is 2.68. The molecule has 0 aliphatic carbocycles. The van der Waals surface area contributed by atoms with Crippen molar-refractivity contribution in [3.63, 3.8) is 0 Å². The second kappa shape index (κ2) is 6.79. The second-order valence-electron chi connectivity index (χ2n) is 6.07. The number of fused-ring (bicyclic) bond motifs is 1. The van der Waals surface area contributed by atoms with Crippen LogP contribution >= 0.6 is 0 Å². The number of benzene rings is 2. The number of amides is 4. The van der Waals surface area contributed by atoms with Crippen LogP contribution in [0.4, 0.5) is 5.69 Å². The molecule has 0 unspecified atom stereocenters. The van der Waals surface area contributed by atoms with Crippen LogP contribution in [0.5, 0.6) is 0 Å². The van der Waals surface area contributed by atoms with Crippen LogP contribution in [-0.2, 0) is 4.79 Å². The molecule has 0 fully saturated rings. The van der Waals surface area contributed by atoms with E-state index in [0.29, 0.717) is 22.4 Å². The minimum atomic E-state index is -0.494. The van der Waals surface area contributed by atoms with Gasteiger partial charge in [0, 0.05) is 25.3 Å². The molecule has 1 N–H and O–H groups in total. The van der Waals surface area contributed by atoms with Crippen molar-refractivity contribution in [1.82, 2.24) is 9.80 Å². The minimum absolute atomic E-state index is 0.145. The Hall–Kier alpha value is -3.48. The van der Waals surface area contributed by atoms with Gasteiger partial charge < -0.3 is 10.2 Å². The summed E-state index contributed by atoms with van der Waals surface area (Å²) in [5, 5.41) is 2.62. The van der Waals surface area contributed by atoms with Crippen LogP contribution in [0.15, 0.2) is 48.5 Å². The lowest BCUT2D eigenvalue weighted by Crippen LogP contribution is -2.37. The molecular formula is C19H17N3O4. The third-order valence-corrected chi connectivity index (χ3v) is 4.00. The van der Waals surface area contributed by atoms with Gasteiger partial charge in [0.15, 0.2) is 0 Å². The van der Waals surface area contributed by atoms with Crippen LogP contribution in [0, 0.1) is 0 Å². The van der Waals surface area contributed by atoms with Gasteiger partial charge in [-0.1, -0.05) is 12.1 Å². The number of rotatable bonds is 4. The van der Waals surface area contributed by atoms with Gasteiger partial charge in [0.25, 0.3) is 17.7 Å². The largest absolute Gasteiger partial charge is 0.345 e. The number of nitrogens with zero attached hydrogens (tertiary/aromatic N) is 2. The molecule has 0 atom stereocenters. The van der Waals surface area contributed by atoms with Gasteiger partial charge in [0.05, 0.1) is 11.1 Å². The van der Waals surface area contributed by atoms with Gasteiger partial charge in [-0.2, -0.15) is 0 Å². The molecule has 0 bridgehead atoms. The Morgan fingerprint density at radius 1 is 0.923 bits per heavy atom. The first-order chi connectivity index (χ1) is 12.4. The summed E-state index contributed by atoms with van der Waals surface area (Å²) in [5.74, 6) is -1.60. The molecule has 1 aliphatic rings. The van der Waals surface area contributed by atoms with Gasteiger partial charge >= 0.3 is 0 Å². The highest BCUT2D eigenvalue weighted by atomic mass is 16.2. The first-order valence-corrected chi connectivity index (χ1v) is 7.95. The van der Waals surface area contributed by atoms with Crippen molar-refractivity contribution >= 4 is 29.3 Å². The van der Waals surface area contributed by atoms with Crippen molar-refractivity contribution in [3.8, 4) is 0 Å². The fourth-order valence-electron chi connectivity index (χ4n) is 2.68. The number of carbonyl (C=O) groups is 4. The van der Waals surface area contributed by atoms with E-state index in [1.807, 2.05) is 0 Å². The molecule has 0 saturated carbocycles. The fraction of sp³-hybridized carbons (Fsp3) is 0.158. The summed E-state index contributed by atoms with van der Waals surface area (Å²) in [4.78, 5) is 50.9. The third kappa shape index (κ3) is 3.19. The Morgan fingerprint density at radius 2 is 1.46 bits per heavy atom. The van der Waals surface area contributed by atoms with E-state index in [1.165, 1.54) is 4.90 Å². The number of anilines is 1. The van der Waals surface area contributed by atoms with Gasteiger partial charge in [-0.15, -0.1) is 0 Å². The monoisotopic (exact) mass is 351 g/mol. The highest BCUT2D eigenvalue weighted by Crippen LogP contribution is 2.22. The number of imide groups is 1. The average Bonchev–Trinajstić information content (AvgIpc) is 2.87. The molecule has 1 heterocycles. The van der Waals surface area contributed by atoms with E-state index in [2.05, 4.69) is 5.32 Å². The van der Waals surface area contributed by atoms with Crippen molar-refractivity contribution < 1.29 is 19.2 Å². The summed E-state index contributed by atoms with van der Waals surface area (Å²) in [5.41, 5.74) is 1.57. The van der Waals surface area contributed by atoms with E-state index in [0.717, 1.165) is 4.90 Å². The number of hydrogen-bond donors (Lipinski definition) is 1. The van der Waals surface area contributed by atoms with E-state index in [4.69, 9.17) is 0 Å². The number of carbonyl (C=O) groups excluding carboxylic acids is 4. The minimum Gasteiger partial charge on any atom is -0.345 e. The normalized spacial score (nSPS) is 12.8. The Balaban J connectivity index is 1.66. The molecule has 3 rings (SSSR count). The lowest BCUT2D eigenvalue weighted by atomic mass is 10.1. The summed E-state index contributed by atoms with van der Waals surface area (Å²) in [6, 6.07) is 12.9. The molecular weight excluding hydrogens is 334 g/mol. The zero-order valence-electron chi connectivity index (χ0n) is 14.4. The first-order valence-electron chi connectivity index (χ1n) is 7.95. The van der Waals surface area contributed by atoms with Crippen LogP contribution in [0.1, 0.15) is 31.1 Å². The van der Waals surface area contributed by atoms with E-state index < -0.39 is 17.7 Å². The van der Waals surface area contributed by atoms with Gasteiger partial charge in [-0.05, 0) is 36.4 Å². The van der Waals surface area contributed by atoms with E-state index in [1.54, 1.807) is 62.6 Å². The van der Waals surface area contributed by atoms with Gasteiger partial charge in [0.2, 0.25) is 5.91 Å². The van der Waals surface area contributed by atoms with Crippen molar-refractivity contribution in [3.05, 3.63) is 65.2 Å². The maximum absolute atomic E-state index is 12.3. The summed E-state index contributed by atoms with van der Waals surface area (Å²) in [6.45, 7) is -0.370. The molecule has 2 aromatic carbocycles. The number of nitrogens with one attached hydrogen (secondary N) is 1. The Bertz CT molecular complexity index is 868. The third-order valence-electron chi connectivity index (χ3n) is 4.00. The van der Waals surface area contributed by atoms with E-state index in [9.17, 15) is 19.2 Å². The zero-order chi connectivity index (χ0) is 18.8. The summed E-state index contributed by atoms with van der Waals surface area (Å²) >= 11 is 0. The quantitative estimate of drug-likeness (QED) is 0.848. The Labute approximate surface area is 150 Å². The molecule has 0 aromatic heterocycles. The van der Waals surface area contributed by atoms with Crippen LogP contribution < -0.4 is 5.32 Å². The summed E-state index contributed by atoms with van der Waals surface area (Å²) < 4.78 is 0. The smallest absolute Gasteiger partial charge is 0.262 e. The van der Waals surface area contributed by atoms with E-state index >= 15 is 0 Å². The van der Waals surface area contributed by atoms with Gasteiger partial charge in [-0.25, -0.2) is 0 Å². The molecule has 0 spiro atoms. The number of hydrogen-bond acceptors (Lipinski definition) is 4. The van der Waals surface area contributed by atoms with Crippen LogP contribution in [0.3, 0.4) is 0 Å².